The number of para-hydroxylation sites is 1. The third kappa shape index (κ3) is 3.86. The number of carbonyl (C=O) groups is 3. The summed E-state index contributed by atoms with van der Waals surface area (Å²) in [7, 11) is 1.58. The van der Waals surface area contributed by atoms with Crippen LogP contribution in [0.2, 0.25) is 0 Å². The van der Waals surface area contributed by atoms with Crippen LogP contribution >= 0.6 is 0 Å². The third-order valence-electron chi connectivity index (χ3n) is 6.05. The van der Waals surface area contributed by atoms with Gasteiger partial charge in [-0.15, -0.1) is 0 Å². The van der Waals surface area contributed by atoms with E-state index in [0.29, 0.717) is 11.7 Å². The molecule has 180 valence electrons. The molecule has 0 spiro atoms. The second-order valence-corrected chi connectivity index (χ2v) is 8.33. The second-order valence-electron chi connectivity index (χ2n) is 8.33. The Hall–Kier alpha value is -4.34. The molecule has 10 heteroatoms. The van der Waals surface area contributed by atoms with Crippen LogP contribution in [-0.4, -0.2) is 71.0 Å². The number of allylic oxidation sites excluding steroid dienone is 1. The minimum atomic E-state index is -0.761. The Morgan fingerprint density at radius 2 is 1.71 bits per heavy atom. The lowest BCUT2D eigenvalue weighted by molar-refractivity contribution is -0.150. The first-order valence-corrected chi connectivity index (χ1v) is 11.3. The molecule has 2 aromatic carbocycles. The third-order valence-corrected chi connectivity index (χ3v) is 6.05. The smallest absolute Gasteiger partial charge is 0.328 e. The van der Waals surface area contributed by atoms with Crippen molar-refractivity contribution in [1.29, 1.82) is 0 Å². The predicted molar refractivity (Wildman–Crippen MR) is 128 cm³/mol. The fourth-order valence-electron chi connectivity index (χ4n) is 4.44. The first-order valence-electron chi connectivity index (χ1n) is 11.3. The van der Waals surface area contributed by atoms with Crippen LogP contribution in [-0.2, 0) is 14.3 Å². The number of nitrogens with zero attached hydrogens (tertiary/aromatic N) is 5. The number of anilines is 1. The molecule has 3 aliphatic rings. The van der Waals surface area contributed by atoms with Crippen molar-refractivity contribution in [2.45, 2.75) is 26.1 Å². The second kappa shape index (κ2) is 8.79. The number of esters is 1. The Balaban J connectivity index is 1.38. The number of amides is 3. The number of ether oxygens (including phenoxy) is 2. The quantitative estimate of drug-likeness (QED) is 0.593. The van der Waals surface area contributed by atoms with Crippen molar-refractivity contribution < 1.29 is 23.9 Å². The summed E-state index contributed by atoms with van der Waals surface area (Å²) in [4.78, 5) is 48.9. The highest BCUT2D eigenvalue weighted by atomic mass is 16.5. The highest BCUT2D eigenvalue weighted by Gasteiger charge is 2.54. The van der Waals surface area contributed by atoms with Crippen LogP contribution in [0.5, 0.6) is 11.5 Å². The number of imide groups is 1. The van der Waals surface area contributed by atoms with E-state index < -0.39 is 36.7 Å². The van der Waals surface area contributed by atoms with Crippen molar-refractivity contribution in [3.63, 3.8) is 0 Å². The van der Waals surface area contributed by atoms with Gasteiger partial charge in [0, 0.05) is 24.6 Å². The van der Waals surface area contributed by atoms with E-state index in [-0.39, 0.29) is 6.61 Å². The molecule has 3 heterocycles. The number of hydrogen-bond donors (Lipinski definition) is 0. The number of likely N-dealkylation sites (N-methyl/N-ethyl adjacent to an activating group) is 1. The highest BCUT2D eigenvalue weighted by molar-refractivity contribution is 6.10. The molecule has 2 unspecified atom stereocenters. The Kier molecular flexibility index (Phi) is 5.64. The molecule has 0 N–H and O–H groups in total. The first-order chi connectivity index (χ1) is 16.9. The number of aliphatic imine (C=N–C) groups is 1. The fourth-order valence-corrected chi connectivity index (χ4v) is 4.44. The van der Waals surface area contributed by atoms with Gasteiger partial charge in [0.25, 0.3) is 5.91 Å². The van der Waals surface area contributed by atoms with E-state index in [1.54, 1.807) is 18.9 Å². The van der Waals surface area contributed by atoms with E-state index in [9.17, 15) is 14.4 Å². The van der Waals surface area contributed by atoms with E-state index in [4.69, 9.17) is 14.5 Å². The van der Waals surface area contributed by atoms with Crippen molar-refractivity contribution in [3.05, 3.63) is 66.5 Å². The summed E-state index contributed by atoms with van der Waals surface area (Å²) in [6.07, 6.45) is 1.14. The summed E-state index contributed by atoms with van der Waals surface area (Å²) in [5.74, 6) is 0.858. The van der Waals surface area contributed by atoms with Crippen LogP contribution in [0.25, 0.3) is 0 Å². The van der Waals surface area contributed by atoms with Gasteiger partial charge in [-0.3, -0.25) is 19.4 Å². The number of urea groups is 1. The van der Waals surface area contributed by atoms with Gasteiger partial charge in [-0.25, -0.2) is 9.79 Å². The van der Waals surface area contributed by atoms with Crippen molar-refractivity contribution in [2.24, 2.45) is 4.99 Å². The number of hydrogen-bond acceptors (Lipinski definition) is 8. The predicted octanol–water partition coefficient (Wildman–Crippen LogP) is 2.98. The molecule has 3 aliphatic heterocycles. The average molecular weight is 476 g/mol. The Labute approximate surface area is 202 Å². The molecule has 35 heavy (non-hydrogen) atoms. The van der Waals surface area contributed by atoms with Crippen LogP contribution in [0, 0.1) is 0 Å². The molecular weight excluding hydrogens is 450 g/mol. The summed E-state index contributed by atoms with van der Waals surface area (Å²) in [5, 5.41) is 0. The molecule has 10 nitrogen and oxygen atoms in total. The van der Waals surface area contributed by atoms with Gasteiger partial charge in [-0.05, 0) is 50.2 Å². The molecule has 0 aliphatic carbocycles. The van der Waals surface area contributed by atoms with E-state index in [0.717, 1.165) is 22.0 Å². The van der Waals surface area contributed by atoms with Gasteiger partial charge < -0.3 is 19.3 Å². The van der Waals surface area contributed by atoms with Crippen LogP contribution in [0.15, 0.2) is 71.5 Å². The zero-order valence-corrected chi connectivity index (χ0v) is 19.6. The van der Waals surface area contributed by atoms with Crippen molar-refractivity contribution >= 4 is 29.6 Å². The van der Waals surface area contributed by atoms with Crippen LogP contribution < -0.4 is 9.64 Å². The summed E-state index contributed by atoms with van der Waals surface area (Å²) in [6.45, 7) is 3.33. The number of guanidine groups is 1. The molecule has 0 saturated carbocycles. The largest absolute Gasteiger partial charge is 0.465 e. The zero-order chi connectivity index (χ0) is 24.7. The number of fused-ring (bicyclic) bond motifs is 3. The minimum Gasteiger partial charge on any atom is -0.465 e. The Morgan fingerprint density at radius 1 is 1.03 bits per heavy atom. The average Bonchev–Trinajstić information content (AvgIpc) is 3.36. The van der Waals surface area contributed by atoms with Gasteiger partial charge in [0.15, 0.2) is 12.2 Å². The molecule has 0 radical (unpaired) electrons. The lowest BCUT2D eigenvalue weighted by Crippen LogP contribution is -2.65. The van der Waals surface area contributed by atoms with Crippen molar-refractivity contribution in [3.8, 4) is 11.5 Å². The van der Waals surface area contributed by atoms with Crippen molar-refractivity contribution in [2.75, 3.05) is 25.1 Å². The molecule has 2 atom stereocenters. The highest BCUT2D eigenvalue weighted by Crippen LogP contribution is 2.37. The molecule has 1 saturated heterocycles. The van der Waals surface area contributed by atoms with Gasteiger partial charge in [-0.1, -0.05) is 18.2 Å². The first kappa shape index (κ1) is 22.5. The van der Waals surface area contributed by atoms with E-state index in [1.165, 1.54) is 4.90 Å². The molecule has 0 aromatic heterocycles. The lowest BCUT2D eigenvalue weighted by Gasteiger charge is -2.39. The Bertz CT molecular complexity index is 1230. The summed E-state index contributed by atoms with van der Waals surface area (Å²) in [5.41, 5.74) is 1.70. The van der Waals surface area contributed by atoms with E-state index in [1.807, 2.05) is 72.6 Å². The van der Waals surface area contributed by atoms with Gasteiger partial charge in [-0.2, -0.15) is 0 Å². The molecule has 1 fully saturated rings. The Morgan fingerprint density at radius 3 is 2.40 bits per heavy atom. The monoisotopic (exact) mass is 475 g/mol. The van der Waals surface area contributed by atoms with Crippen molar-refractivity contribution in [1.82, 2.24) is 14.7 Å². The topological polar surface area (TPSA) is 95.0 Å². The van der Waals surface area contributed by atoms with Crippen LogP contribution in [0.1, 0.15) is 13.8 Å². The molecule has 5 rings (SSSR count). The van der Waals surface area contributed by atoms with Gasteiger partial charge in [0.2, 0.25) is 5.96 Å². The summed E-state index contributed by atoms with van der Waals surface area (Å²) >= 11 is 0. The lowest BCUT2D eigenvalue weighted by atomic mass is 10.1. The minimum absolute atomic E-state index is 0.169. The normalized spacial score (nSPS) is 21.0. The van der Waals surface area contributed by atoms with Crippen LogP contribution in [0.3, 0.4) is 0 Å². The molecular formula is C25H25N5O5. The number of rotatable bonds is 6. The number of benzene rings is 2. The van der Waals surface area contributed by atoms with Gasteiger partial charge in [0.05, 0.1) is 6.61 Å². The molecule has 0 bridgehead atoms. The fraction of sp³-hybridized carbons (Fsp3) is 0.280. The van der Waals surface area contributed by atoms with E-state index >= 15 is 0 Å². The number of carbonyl (C=O) groups excluding carboxylic acids is 3. The molecule has 2 aromatic rings. The van der Waals surface area contributed by atoms with Gasteiger partial charge >= 0.3 is 12.0 Å². The summed E-state index contributed by atoms with van der Waals surface area (Å²) < 4.78 is 10.8. The van der Waals surface area contributed by atoms with Crippen LogP contribution in [0.4, 0.5) is 10.5 Å². The zero-order valence-electron chi connectivity index (χ0n) is 19.6. The standard InChI is InChI=1S/C25H25N5O5/c1-4-34-20(31)15-29-23(32)21-22(27(3)25(29)33)26-24-28(21)14-16(2)30(24)17-10-12-19(13-11-17)35-18-8-6-5-7-9-18/h5-14,21-22H,4,15H2,1-3H3. The van der Waals surface area contributed by atoms with E-state index in [2.05, 4.69) is 0 Å². The maximum Gasteiger partial charge on any atom is 0.328 e. The molecule has 3 amide bonds. The maximum absolute atomic E-state index is 13.3. The summed E-state index contributed by atoms with van der Waals surface area (Å²) in [6, 6.07) is 15.7. The SMILES string of the molecule is CCOC(=O)CN1C(=O)C2C(N=C3N(c4ccc(Oc5ccccc5)cc4)C(C)=CN32)N(C)C1=O. The maximum atomic E-state index is 13.3. The van der Waals surface area contributed by atoms with Gasteiger partial charge in [0.1, 0.15) is 18.0 Å².